The zero-order chi connectivity index (χ0) is 12.7. The Labute approximate surface area is 103 Å². The predicted molar refractivity (Wildman–Crippen MR) is 68.0 cm³/mol. The second-order valence-electron chi connectivity index (χ2n) is 3.96. The maximum atomic E-state index is 12.1. The average Bonchev–Trinajstić information content (AvgIpc) is 2.35. The van der Waals surface area contributed by atoms with Gasteiger partial charge in [0.05, 0.1) is 6.61 Å². The van der Waals surface area contributed by atoms with E-state index in [0.29, 0.717) is 18.7 Å². The molecule has 0 aliphatic rings. The second kappa shape index (κ2) is 7.04. The topological polar surface area (TPSA) is 41.6 Å². The van der Waals surface area contributed by atoms with Gasteiger partial charge in [-0.1, -0.05) is 12.1 Å². The highest BCUT2D eigenvalue weighted by molar-refractivity contribution is 5.94. The molecule has 0 aliphatic carbocycles. The lowest BCUT2D eigenvalue weighted by molar-refractivity contribution is 0.0796. The smallest absolute Gasteiger partial charge is 0.253 e. The van der Waals surface area contributed by atoms with Gasteiger partial charge in [-0.3, -0.25) is 4.79 Å². The van der Waals surface area contributed by atoms with E-state index in [4.69, 9.17) is 4.74 Å². The summed E-state index contributed by atoms with van der Waals surface area (Å²) in [5.41, 5.74) is 1.72. The number of nitrogens with zero attached hydrogens (tertiary/aromatic N) is 1. The zero-order valence-electron chi connectivity index (χ0n) is 10.7. The molecule has 4 heteroatoms. The monoisotopic (exact) mass is 236 g/mol. The number of carbonyl (C=O) groups is 1. The molecule has 94 valence electrons. The number of hydrogen-bond acceptors (Lipinski definition) is 3. The van der Waals surface area contributed by atoms with Crippen LogP contribution in [-0.2, 0) is 11.3 Å². The number of likely N-dealkylation sites (N-methyl/N-ethyl adjacent to an activating group) is 2. The summed E-state index contributed by atoms with van der Waals surface area (Å²) in [6.07, 6.45) is 0. The first-order valence-electron chi connectivity index (χ1n) is 5.67. The Bertz CT molecular complexity index is 366. The lowest BCUT2D eigenvalue weighted by atomic mass is 10.1. The molecule has 1 aromatic carbocycles. The summed E-state index contributed by atoms with van der Waals surface area (Å²) in [5, 5.41) is 3.02. The Kier molecular flexibility index (Phi) is 5.66. The Morgan fingerprint density at radius 2 is 2.24 bits per heavy atom. The normalized spacial score (nSPS) is 10.3. The van der Waals surface area contributed by atoms with E-state index in [9.17, 15) is 4.79 Å². The van der Waals surface area contributed by atoms with Crippen molar-refractivity contribution in [3.63, 3.8) is 0 Å². The van der Waals surface area contributed by atoms with Gasteiger partial charge in [0, 0.05) is 32.8 Å². The maximum Gasteiger partial charge on any atom is 0.253 e. The highest BCUT2D eigenvalue weighted by atomic mass is 16.5. The van der Waals surface area contributed by atoms with E-state index < -0.39 is 0 Å². The first kappa shape index (κ1) is 13.7. The highest BCUT2D eigenvalue weighted by Gasteiger charge is 2.11. The van der Waals surface area contributed by atoms with Gasteiger partial charge in [0.2, 0.25) is 0 Å². The van der Waals surface area contributed by atoms with Crippen molar-refractivity contribution in [2.75, 3.05) is 34.3 Å². The first-order valence-corrected chi connectivity index (χ1v) is 5.67. The number of rotatable bonds is 6. The van der Waals surface area contributed by atoms with E-state index in [0.717, 1.165) is 12.1 Å². The van der Waals surface area contributed by atoms with Gasteiger partial charge in [-0.2, -0.15) is 0 Å². The molecule has 0 heterocycles. The molecular weight excluding hydrogens is 216 g/mol. The quantitative estimate of drug-likeness (QED) is 0.805. The van der Waals surface area contributed by atoms with E-state index in [1.54, 1.807) is 12.0 Å². The fourth-order valence-corrected chi connectivity index (χ4v) is 1.56. The SMILES string of the molecule is CNCCN(C)C(=O)c1cccc(COC)c1. The van der Waals surface area contributed by atoms with Crippen LogP contribution in [0.4, 0.5) is 0 Å². The number of methoxy groups -OCH3 is 1. The van der Waals surface area contributed by atoms with E-state index in [-0.39, 0.29) is 5.91 Å². The molecular formula is C13H20N2O2. The van der Waals surface area contributed by atoms with Crippen LogP contribution in [0.1, 0.15) is 15.9 Å². The molecule has 0 atom stereocenters. The number of amides is 1. The molecule has 4 nitrogen and oxygen atoms in total. The van der Waals surface area contributed by atoms with Crippen LogP contribution >= 0.6 is 0 Å². The third-order valence-corrected chi connectivity index (χ3v) is 2.53. The zero-order valence-corrected chi connectivity index (χ0v) is 10.7. The van der Waals surface area contributed by atoms with E-state index in [2.05, 4.69) is 5.32 Å². The van der Waals surface area contributed by atoms with E-state index in [1.807, 2.05) is 38.4 Å². The van der Waals surface area contributed by atoms with E-state index >= 15 is 0 Å². The molecule has 17 heavy (non-hydrogen) atoms. The van der Waals surface area contributed by atoms with Crippen LogP contribution in [0.3, 0.4) is 0 Å². The minimum atomic E-state index is 0.0400. The van der Waals surface area contributed by atoms with Crippen molar-refractivity contribution in [1.29, 1.82) is 0 Å². The predicted octanol–water partition coefficient (Wildman–Crippen LogP) is 1.12. The van der Waals surface area contributed by atoms with Crippen molar-refractivity contribution in [2.45, 2.75) is 6.61 Å². The summed E-state index contributed by atoms with van der Waals surface area (Å²) in [7, 11) is 5.33. The number of hydrogen-bond donors (Lipinski definition) is 1. The van der Waals surface area contributed by atoms with Crippen LogP contribution in [0.2, 0.25) is 0 Å². The molecule has 1 rings (SSSR count). The van der Waals surface area contributed by atoms with Crippen LogP contribution in [-0.4, -0.2) is 45.1 Å². The van der Waals surface area contributed by atoms with Gasteiger partial charge in [-0.25, -0.2) is 0 Å². The minimum Gasteiger partial charge on any atom is -0.380 e. The van der Waals surface area contributed by atoms with Gasteiger partial charge < -0.3 is 15.0 Å². The number of benzene rings is 1. The molecule has 0 aliphatic heterocycles. The molecule has 1 aromatic rings. The van der Waals surface area contributed by atoms with Gasteiger partial charge in [0.15, 0.2) is 0 Å². The van der Waals surface area contributed by atoms with Gasteiger partial charge in [0.1, 0.15) is 0 Å². The Hall–Kier alpha value is -1.39. The molecule has 0 spiro atoms. The molecule has 0 radical (unpaired) electrons. The summed E-state index contributed by atoms with van der Waals surface area (Å²) in [4.78, 5) is 13.8. The summed E-state index contributed by atoms with van der Waals surface area (Å²) in [6, 6.07) is 7.54. The molecule has 0 aromatic heterocycles. The lowest BCUT2D eigenvalue weighted by Gasteiger charge is -2.17. The Morgan fingerprint density at radius 3 is 2.88 bits per heavy atom. The molecule has 0 unspecified atom stereocenters. The van der Waals surface area contributed by atoms with Gasteiger partial charge in [0.25, 0.3) is 5.91 Å². The van der Waals surface area contributed by atoms with Crippen molar-refractivity contribution in [3.8, 4) is 0 Å². The fourth-order valence-electron chi connectivity index (χ4n) is 1.56. The van der Waals surface area contributed by atoms with Crippen molar-refractivity contribution in [1.82, 2.24) is 10.2 Å². The van der Waals surface area contributed by atoms with Gasteiger partial charge in [-0.15, -0.1) is 0 Å². The van der Waals surface area contributed by atoms with Crippen molar-refractivity contribution in [3.05, 3.63) is 35.4 Å². The number of ether oxygens (including phenoxy) is 1. The van der Waals surface area contributed by atoms with Crippen molar-refractivity contribution < 1.29 is 9.53 Å². The number of carbonyl (C=O) groups excluding carboxylic acids is 1. The summed E-state index contributed by atoms with van der Waals surface area (Å²) >= 11 is 0. The van der Waals surface area contributed by atoms with Gasteiger partial charge in [-0.05, 0) is 24.7 Å². The van der Waals surface area contributed by atoms with Crippen molar-refractivity contribution >= 4 is 5.91 Å². The molecule has 0 fully saturated rings. The average molecular weight is 236 g/mol. The van der Waals surface area contributed by atoms with E-state index in [1.165, 1.54) is 0 Å². The fraction of sp³-hybridized carbons (Fsp3) is 0.462. The lowest BCUT2D eigenvalue weighted by Crippen LogP contribution is -2.32. The second-order valence-corrected chi connectivity index (χ2v) is 3.96. The Morgan fingerprint density at radius 1 is 1.47 bits per heavy atom. The van der Waals surface area contributed by atoms with Crippen molar-refractivity contribution in [2.24, 2.45) is 0 Å². The summed E-state index contributed by atoms with van der Waals surface area (Å²) < 4.78 is 5.05. The standard InChI is InChI=1S/C13H20N2O2/c1-14-7-8-15(2)13(16)12-6-4-5-11(9-12)10-17-3/h4-6,9,14H,7-8,10H2,1-3H3. The van der Waals surface area contributed by atoms with Crippen LogP contribution in [0.5, 0.6) is 0 Å². The summed E-state index contributed by atoms with van der Waals surface area (Å²) in [6.45, 7) is 2.02. The maximum absolute atomic E-state index is 12.1. The number of nitrogens with one attached hydrogen (secondary N) is 1. The summed E-state index contributed by atoms with van der Waals surface area (Å²) in [5.74, 6) is 0.0400. The Balaban J connectivity index is 2.70. The highest BCUT2D eigenvalue weighted by Crippen LogP contribution is 2.08. The van der Waals surface area contributed by atoms with Crippen LogP contribution in [0.15, 0.2) is 24.3 Å². The molecule has 0 bridgehead atoms. The molecule has 0 saturated carbocycles. The molecule has 0 saturated heterocycles. The van der Waals surface area contributed by atoms with Crippen LogP contribution < -0.4 is 5.32 Å². The van der Waals surface area contributed by atoms with Gasteiger partial charge >= 0.3 is 0 Å². The molecule has 1 amide bonds. The van der Waals surface area contributed by atoms with Crippen LogP contribution in [0, 0.1) is 0 Å². The molecule has 1 N–H and O–H groups in total. The minimum absolute atomic E-state index is 0.0400. The van der Waals surface area contributed by atoms with Crippen LogP contribution in [0.25, 0.3) is 0 Å². The third kappa shape index (κ3) is 4.17. The third-order valence-electron chi connectivity index (χ3n) is 2.53. The largest absolute Gasteiger partial charge is 0.380 e. The first-order chi connectivity index (χ1) is 8.19.